The molecule has 0 aromatic heterocycles. The second kappa shape index (κ2) is 7.71. The maximum absolute atomic E-state index is 11.9. The average Bonchev–Trinajstić information content (AvgIpc) is 2.70. The third-order valence-electron chi connectivity index (χ3n) is 3.18. The van der Waals surface area contributed by atoms with Crippen LogP contribution in [0.2, 0.25) is 0 Å². The molecule has 1 N–H and O–H groups in total. The highest BCUT2D eigenvalue weighted by Crippen LogP contribution is 2.13. The fraction of sp³-hybridized carbons (Fsp3) is 0.643. The molecule has 0 fully saturated rings. The van der Waals surface area contributed by atoms with Gasteiger partial charge in [0.2, 0.25) is 5.91 Å². The Morgan fingerprint density at radius 2 is 1.68 bits per heavy atom. The summed E-state index contributed by atoms with van der Waals surface area (Å²) in [5.74, 6) is -0.551. The zero-order valence-corrected chi connectivity index (χ0v) is 11.6. The van der Waals surface area contributed by atoms with E-state index in [9.17, 15) is 14.4 Å². The van der Waals surface area contributed by atoms with Crippen molar-refractivity contribution in [1.82, 2.24) is 10.2 Å². The Hall–Kier alpha value is -1.65. The van der Waals surface area contributed by atoms with Crippen molar-refractivity contribution in [3.63, 3.8) is 0 Å². The molecule has 0 aromatic carbocycles. The van der Waals surface area contributed by atoms with Gasteiger partial charge in [-0.2, -0.15) is 0 Å². The van der Waals surface area contributed by atoms with Crippen LogP contribution in [0.4, 0.5) is 0 Å². The van der Waals surface area contributed by atoms with Gasteiger partial charge in [0.1, 0.15) is 0 Å². The van der Waals surface area contributed by atoms with Crippen LogP contribution in [0.5, 0.6) is 0 Å². The highest BCUT2D eigenvalue weighted by molar-refractivity contribution is 6.12. The predicted octanol–water partition coefficient (Wildman–Crippen LogP) is 1.24. The molecule has 1 aliphatic rings. The van der Waals surface area contributed by atoms with Gasteiger partial charge in [0.15, 0.2) is 0 Å². The van der Waals surface area contributed by atoms with Crippen LogP contribution in [0.1, 0.15) is 39.5 Å². The fourth-order valence-corrected chi connectivity index (χ4v) is 2.19. The van der Waals surface area contributed by atoms with Gasteiger partial charge < -0.3 is 5.32 Å². The van der Waals surface area contributed by atoms with Crippen LogP contribution in [0, 0.1) is 5.92 Å². The molecule has 0 spiro atoms. The van der Waals surface area contributed by atoms with Crippen LogP contribution in [0.3, 0.4) is 0 Å². The molecular weight excluding hydrogens is 244 g/mol. The molecule has 0 aromatic rings. The van der Waals surface area contributed by atoms with E-state index in [4.69, 9.17) is 0 Å². The Kier molecular flexibility index (Phi) is 6.25. The van der Waals surface area contributed by atoms with E-state index in [0.29, 0.717) is 6.54 Å². The summed E-state index contributed by atoms with van der Waals surface area (Å²) in [4.78, 5) is 35.7. The topological polar surface area (TPSA) is 66.5 Å². The molecule has 106 valence electrons. The molecule has 1 heterocycles. The highest BCUT2D eigenvalue weighted by Gasteiger charge is 2.23. The van der Waals surface area contributed by atoms with Crippen LogP contribution in [0.15, 0.2) is 12.2 Å². The van der Waals surface area contributed by atoms with E-state index in [0.717, 1.165) is 30.6 Å². The standard InChI is InChI=1S/C14H22N2O3/c1-3-5-11(6-4-2)14(19)15-9-10-16-12(17)7-8-13(16)18/h7-8,11H,3-6,9-10H2,1-2H3,(H,15,19). The van der Waals surface area contributed by atoms with Crippen LogP contribution in [0.25, 0.3) is 0 Å². The lowest BCUT2D eigenvalue weighted by molar-refractivity contribution is -0.137. The van der Waals surface area contributed by atoms with Crippen molar-refractivity contribution in [2.45, 2.75) is 39.5 Å². The minimum absolute atomic E-state index is 0.0238. The quantitative estimate of drug-likeness (QED) is 0.672. The Morgan fingerprint density at radius 1 is 1.16 bits per heavy atom. The number of rotatable bonds is 8. The third-order valence-corrected chi connectivity index (χ3v) is 3.18. The predicted molar refractivity (Wildman–Crippen MR) is 72.2 cm³/mol. The van der Waals surface area contributed by atoms with Crippen molar-refractivity contribution in [2.24, 2.45) is 5.92 Å². The van der Waals surface area contributed by atoms with E-state index < -0.39 is 0 Å². The van der Waals surface area contributed by atoms with Crippen molar-refractivity contribution >= 4 is 17.7 Å². The van der Waals surface area contributed by atoms with E-state index in [-0.39, 0.29) is 30.2 Å². The van der Waals surface area contributed by atoms with Gasteiger partial charge in [-0.3, -0.25) is 19.3 Å². The van der Waals surface area contributed by atoms with Crippen LogP contribution in [-0.2, 0) is 14.4 Å². The van der Waals surface area contributed by atoms with E-state index in [2.05, 4.69) is 19.2 Å². The summed E-state index contributed by atoms with van der Waals surface area (Å²) in [5, 5.41) is 2.81. The molecule has 5 heteroatoms. The number of carbonyl (C=O) groups excluding carboxylic acids is 3. The van der Waals surface area contributed by atoms with Gasteiger partial charge in [0.05, 0.1) is 0 Å². The summed E-state index contributed by atoms with van der Waals surface area (Å²) in [6, 6.07) is 0. The van der Waals surface area contributed by atoms with Crippen LogP contribution < -0.4 is 5.32 Å². The second-order valence-corrected chi connectivity index (χ2v) is 4.73. The van der Waals surface area contributed by atoms with Crippen LogP contribution >= 0.6 is 0 Å². The molecule has 0 radical (unpaired) electrons. The van der Waals surface area contributed by atoms with Gasteiger partial charge >= 0.3 is 0 Å². The Balaban J connectivity index is 2.33. The number of carbonyl (C=O) groups is 3. The highest BCUT2D eigenvalue weighted by atomic mass is 16.2. The third kappa shape index (κ3) is 4.50. The molecular formula is C14H22N2O3. The summed E-state index contributed by atoms with van der Waals surface area (Å²) >= 11 is 0. The number of nitrogens with one attached hydrogen (secondary N) is 1. The van der Waals surface area contributed by atoms with Crippen LogP contribution in [-0.4, -0.2) is 35.7 Å². The minimum Gasteiger partial charge on any atom is -0.354 e. The summed E-state index contributed by atoms with van der Waals surface area (Å²) in [5.41, 5.74) is 0. The lowest BCUT2D eigenvalue weighted by Crippen LogP contribution is -2.40. The molecule has 3 amide bonds. The van der Waals surface area contributed by atoms with Gasteiger partial charge in [0, 0.05) is 31.2 Å². The molecule has 5 nitrogen and oxygen atoms in total. The maximum atomic E-state index is 11.9. The number of imide groups is 1. The van der Waals surface area contributed by atoms with E-state index in [1.54, 1.807) is 0 Å². The lowest BCUT2D eigenvalue weighted by atomic mass is 9.97. The average molecular weight is 266 g/mol. The van der Waals surface area contributed by atoms with Crippen molar-refractivity contribution in [1.29, 1.82) is 0 Å². The van der Waals surface area contributed by atoms with E-state index >= 15 is 0 Å². The smallest absolute Gasteiger partial charge is 0.253 e. The molecule has 0 atom stereocenters. The largest absolute Gasteiger partial charge is 0.354 e. The Morgan fingerprint density at radius 3 is 2.16 bits per heavy atom. The Bertz CT molecular complexity index is 353. The summed E-state index contributed by atoms with van der Waals surface area (Å²) in [7, 11) is 0. The molecule has 0 bridgehead atoms. The fourth-order valence-electron chi connectivity index (χ4n) is 2.19. The molecule has 19 heavy (non-hydrogen) atoms. The zero-order chi connectivity index (χ0) is 14.3. The van der Waals surface area contributed by atoms with Gasteiger partial charge in [0.25, 0.3) is 11.8 Å². The maximum Gasteiger partial charge on any atom is 0.253 e. The molecule has 0 saturated heterocycles. The first kappa shape index (κ1) is 15.4. The van der Waals surface area contributed by atoms with Crippen molar-refractivity contribution in [3.05, 3.63) is 12.2 Å². The van der Waals surface area contributed by atoms with Gasteiger partial charge in [-0.1, -0.05) is 26.7 Å². The summed E-state index contributed by atoms with van der Waals surface area (Å²) < 4.78 is 0. The van der Waals surface area contributed by atoms with Gasteiger partial charge in [-0.25, -0.2) is 0 Å². The molecule has 1 aliphatic heterocycles. The van der Waals surface area contributed by atoms with E-state index in [1.807, 2.05) is 0 Å². The van der Waals surface area contributed by atoms with Gasteiger partial charge in [-0.15, -0.1) is 0 Å². The number of amides is 3. The molecule has 0 aliphatic carbocycles. The Labute approximate surface area is 114 Å². The molecule has 1 rings (SSSR count). The number of nitrogens with zero attached hydrogens (tertiary/aromatic N) is 1. The lowest BCUT2D eigenvalue weighted by Gasteiger charge is -2.17. The van der Waals surface area contributed by atoms with E-state index in [1.165, 1.54) is 12.2 Å². The van der Waals surface area contributed by atoms with Crippen molar-refractivity contribution in [2.75, 3.05) is 13.1 Å². The minimum atomic E-state index is -0.307. The van der Waals surface area contributed by atoms with Crippen molar-refractivity contribution in [3.8, 4) is 0 Å². The number of hydrogen-bond donors (Lipinski definition) is 1. The first-order valence-electron chi connectivity index (χ1n) is 6.91. The normalized spacial score (nSPS) is 14.6. The summed E-state index contributed by atoms with van der Waals surface area (Å²) in [6.45, 7) is 4.68. The van der Waals surface area contributed by atoms with Gasteiger partial charge in [-0.05, 0) is 12.8 Å². The first-order chi connectivity index (χ1) is 9.10. The van der Waals surface area contributed by atoms with Crippen molar-refractivity contribution < 1.29 is 14.4 Å². The number of hydrogen-bond acceptors (Lipinski definition) is 3. The summed E-state index contributed by atoms with van der Waals surface area (Å²) in [6.07, 6.45) is 6.21. The second-order valence-electron chi connectivity index (χ2n) is 4.73. The molecule has 0 saturated carbocycles. The SMILES string of the molecule is CCCC(CCC)C(=O)NCCN1C(=O)C=CC1=O. The molecule has 0 unspecified atom stereocenters. The first-order valence-corrected chi connectivity index (χ1v) is 6.91. The zero-order valence-electron chi connectivity index (χ0n) is 11.6. The monoisotopic (exact) mass is 266 g/mol.